The number of nitrogens with one attached hydrogen (secondary N) is 1. The summed E-state index contributed by atoms with van der Waals surface area (Å²) < 4.78 is 15.6. The molecule has 0 bridgehead atoms. The van der Waals surface area contributed by atoms with Crippen molar-refractivity contribution < 1.29 is 28.6 Å². The Labute approximate surface area is 189 Å². The summed E-state index contributed by atoms with van der Waals surface area (Å²) in [7, 11) is 2.99. The topological polar surface area (TPSA) is 90.9 Å². The van der Waals surface area contributed by atoms with Crippen molar-refractivity contribution in [1.82, 2.24) is 0 Å². The van der Waals surface area contributed by atoms with Gasteiger partial charge in [-0.2, -0.15) is 0 Å². The van der Waals surface area contributed by atoms with Gasteiger partial charge in [-0.25, -0.2) is 0 Å². The molecule has 2 aromatic carbocycles. The third kappa shape index (κ3) is 6.57. The van der Waals surface area contributed by atoms with Gasteiger partial charge in [0.25, 0.3) is 5.91 Å². The highest BCUT2D eigenvalue weighted by atomic mass is 16.5. The molecular formula is C25H31NO6. The maximum atomic E-state index is 12.5. The normalized spacial score (nSPS) is 12.4. The number of carbonyl (C=O) groups excluding carboxylic acids is 3. The van der Waals surface area contributed by atoms with Crippen molar-refractivity contribution >= 4 is 23.3 Å². The molecule has 7 nitrogen and oxygen atoms in total. The van der Waals surface area contributed by atoms with Gasteiger partial charge in [0.1, 0.15) is 0 Å². The highest BCUT2D eigenvalue weighted by molar-refractivity contribution is 5.99. The average molecular weight is 442 g/mol. The summed E-state index contributed by atoms with van der Waals surface area (Å²) in [5.41, 5.74) is 2.14. The molecule has 32 heavy (non-hydrogen) atoms. The second-order valence-corrected chi connectivity index (χ2v) is 7.51. The van der Waals surface area contributed by atoms with E-state index in [1.54, 1.807) is 18.2 Å². The van der Waals surface area contributed by atoms with Crippen LogP contribution in [0.4, 0.5) is 5.69 Å². The Balaban J connectivity index is 1.90. The highest BCUT2D eigenvalue weighted by Gasteiger charge is 2.21. The molecule has 0 radical (unpaired) electrons. The number of rotatable bonds is 11. The average Bonchev–Trinajstić information content (AvgIpc) is 2.81. The van der Waals surface area contributed by atoms with E-state index < -0.39 is 18.0 Å². The molecule has 7 heteroatoms. The maximum Gasteiger partial charge on any atom is 0.307 e. The van der Waals surface area contributed by atoms with Crippen LogP contribution in [0.5, 0.6) is 11.5 Å². The number of ether oxygens (including phenoxy) is 3. The zero-order chi connectivity index (χ0) is 23.7. The predicted molar refractivity (Wildman–Crippen MR) is 122 cm³/mol. The smallest absolute Gasteiger partial charge is 0.307 e. The molecule has 0 saturated carbocycles. The first-order valence-electron chi connectivity index (χ1n) is 10.6. The number of methoxy groups -OCH3 is 2. The van der Waals surface area contributed by atoms with Crippen LogP contribution in [0.3, 0.4) is 0 Å². The number of anilines is 1. The fraction of sp³-hybridized carbons (Fsp3) is 0.400. The molecule has 0 heterocycles. The number of hydrogen-bond donors (Lipinski definition) is 1. The Kier molecular flexibility index (Phi) is 9.25. The molecule has 0 aliphatic rings. The van der Waals surface area contributed by atoms with E-state index in [4.69, 9.17) is 14.2 Å². The summed E-state index contributed by atoms with van der Waals surface area (Å²) in [6.45, 7) is 5.68. The van der Waals surface area contributed by atoms with Crippen molar-refractivity contribution in [3.05, 3.63) is 53.6 Å². The molecule has 0 fully saturated rings. The number of para-hydroxylation sites is 1. The molecule has 2 aromatic rings. The van der Waals surface area contributed by atoms with Crippen LogP contribution in [0.25, 0.3) is 0 Å². The number of carbonyl (C=O) groups is 3. The summed E-state index contributed by atoms with van der Waals surface area (Å²) in [5, 5.41) is 2.84. The zero-order valence-corrected chi connectivity index (χ0v) is 19.3. The van der Waals surface area contributed by atoms with Crippen LogP contribution < -0.4 is 14.8 Å². The van der Waals surface area contributed by atoms with Gasteiger partial charge in [-0.15, -0.1) is 0 Å². The van der Waals surface area contributed by atoms with Crippen LogP contribution in [0.15, 0.2) is 42.5 Å². The fourth-order valence-electron chi connectivity index (χ4n) is 3.17. The van der Waals surface area contributed by atoms with Crippen LogP contribution in [0.2, 0.25) is 0 Å². The van der Waals surface area contributed by atoms with Gasteiger partial charge >= 0.3 is 5.97 Å². The van der Waals surface area contributed by atoms with E-state index in [1.165, 1.54) is 21.1 Å². The van der Waals surface area contributed by atoms with Crippen molar-refractivity contribution in [2.24, 2.45) is 0 Å². The van der Waals surface area contributed by atoms with Crippen LogP contribution in [-0.2, 0) is 14.3 Å². The third-order valence-electron chi connectivity index (χ3n) is 5.30. The van der Waals surface area contributed by atoms with Gasteiger partial charge in [-0.3, -0.25) is 14.4 Å². The van der Waals surface area contributed by atoms with E-state index in [-0.39, 0.29) is 24.5 Å². The van der Waals surface area contributed by atoms with Crippen LogP contribution in [-0.4, -0.2) is 38.0 Å². The molecule has 2 unspecified atom stereocenters. The molecule has 0 spiro atoms. The lowest BCUT2D eigenvalue weighted by Gasteiger charge is -2.18. The van der Waals surface area contributed by atoms with Gasteiger partial charge in [0.2, 0.25) is 0 Å². The number of benzene rings is 2. The van der Waals surface area contributed by atoms with Gasteiger partial charge in [0, 0.05) is 17.7 Å². The third-order valence-corrected chi connectivity index (χ3v) is 5.30. The molecule has 172 valence electrons. The number of amides is 1. The first kappa shape index (κ1) is 24.9. The molecule has 0 aliphatic carbocycles. The number of esters is 1. The van der Waals surface area contributed by atoms with Crippen molar-refractivity contribution in [1.29, 1.82) is 0 Å². The molecule has 1 N–H and O–H groups in total. The number of ketones is 1. The minimum Gasteiger partial charge on any atom is -0.493 e. The van der Waals surface area contributed by atoms with E-state index in [0.717, 1.165) is 12.0 Å². The standard InChI is InChI=1S/C25H31NO6/c1-6-16(2)19-9-7-8-10-20(19)26-25(29)17(3)32-24(28)14-12-21(27)18-11-13-22(30-4)23(15-18)31-5/h7-11,13,15-17H,6,12,14H2,1-5H3,(H,26,29). The fourth-order valence-corrected chi connectivity index (χ4v) is 3.17. The second kappa shape index (κ2) is 11.9. The molecular weight excluding hydrogens is 410 g/mol. The van der Waals surface area contributed by atoms with Gasteiger partial charge in [0.15, 0.2) is 23.4 Å². The van der Waals surface area contributed by atoms with Crippen LogP contribution >= 0.6 is 0 Å². The Bertz CT molecular complexity index is 955. The van der Waals surface area contributed by atoms with Crippen molar-refractivity contribution in [3.8, 4) is 11.5 Å². The molecule has 2 rings (SSSR count). The summed E-state index contributed by atoms with van der Waals surface area (Å²) in [4.78, 5) is 37.1. The molecule has 2 atom stereocenters. The molecule has 0 aromatic heterocycles. The van der Waals surface area contributed by atoms with E-state index in [1.807, 2.05) is 24.3 Å². The largest absolute Gasteiger partial charge is 0.493 e. The zero-order valence-electron chi connectivity index (χ0n) is 19.3. The lowest BCUT2D eigenvalue weighted by atomic mass is 9.97. The first-order valence-corrected chi connectivity index (χ1v) is 10.6. The van der Waals surface area contributed by atoms with E-state index in [0.29, 0.717) is 22.7 Å². The Morgan fingerprint density at radius 3 is 2.28 bits per heavy atom. The first-order chi connectivity index (χ1) is 15.3. The minimum atomic E-state index is -0.983. The van der Waals surface area contributed by atoms with Crippen LogP contribution in [0.1, 0.15) is 61.9 Å². The van der Waals surface area contributed by atoms with E-state index >= 15 is 0 Å². The SMILES string of the molecule is CCC(C)c1ccccc1NC(=O)C(C)OC(=O)CCC(=O)c1ccc(OC)c(OC)c1. The highest BCUT2D eigenvalue weighted by Crippen LogP contribution is 2.28. The molecule has 0 saturated heterocycles. The molecule has 0 aliphatic heterocycles. The molecule has 1 amide bonds. The van der Waals surface area contributed by atoms with E-state index in [2.05, 4.69) is 19.2 Å². The van der Waals surface area contributed by atoms with Gasteiger partial charge in [-0.05, 0) is 49.1 Å². The number of Topliss-reactive ketones (excluding diaryl/α,β-unsaturated/α-hetero) is 1. The Morgan fingerprint density at radius 1 is 0.938 bits per heavy atom. The minimum absolute atomic E-state index is 0.0422. The maximum absolute atomic E-state index is 12.5. The van der Waals surface area contributed by atoms with Crippen LogP contribution in [0, 0.1) is 0 Å². The monoisotopic (exact) mass is 441 g/mol. The van der Waals surface area contributed by atoms with Gasteiger partial charge in [-0.1, -0.05) is 32.0 Å². The predicted octanol–water partition coefficient (Wildman–Crippen LogP) is 4.75. The summed E-state index contributed by atoms with van der Waals surface area (Å²) in [6, 6.07) is 12.4. The quantitative estimate of drug-likeness (QED) is 0.400. The Morgan fingerprint density at radius 2 is 1.62 bits per heavy atom. The van der Waals surface area contributed by atoms with Crippen molar-refractivity contribution in [2.75, 3.05) is 19.5 Å². The van der Waals surface area contributed by atoms with Crippen molar-refractivity contribution in [2.45, 2.75) is 52.1 Å². The van der Waals surface area contributed by atoms with Gasteiger partial charge < -0.3 is 19.5 Å². The van der Waals surface area contributed by atoms with E-state index in [9.17, 15) is 14.4 Å². The van der Waals surface area contributed by atoms with Crippen molar-refractivity contribution in [3.63, 3.8) is 0 Å². The lowest BCUT2D eigenvalue weighted by Crippen LogP contribution is -2.30. The van der Waals surface area contributed by atoms with Gasteiger partial charge in [0.05, 0.1) is 20.6 Å². The lowest BCUT2D eigenvalue weighted by molar-refractivity contribution is -0.153. The summed E-state index contributed by atoms with van der Waals surface area (Å²) >= 11 is 0. The summed E-state index contributed by atoms with van der Waals surface area (Å²) in [5.74, 6) is -0.0338. The second-order valence-electron chi connectivity index (χ2n) is 7.51. The number of hydrogen-bond acceptors (Lipinski definition) is 6. The summed E-state index contributed by atoms with van der Waals surface area (Å²) in [6.07, 6.45) is -0.220. The Hall–Kier alpha value is -3.35.